The Morgan fingerprint density at radius 2 is 2.08 bits per heavy atom. The minimum atomic E-state index is -0.198. The first-order chi connectivity index (χ1) is 12.2. The molecule has 0 spiro atoms. The Balaban J connectivity index is 1.85. The van der Waals surface area contributed by atoms with Crippen molar-refractivity contribution in [2.75, 3.05) is 12.0 Å². The molecule has 1 N–H and O–H groups in total. The lowest BCUT2D eigenvalue weighted by molar-refractivity contribution is 0.0934. The predicted molar refractivity (Wildman–Crippen MR) is 103 cm³/mol. The Hall–Kier alpha value is -2.60. The fourth-order valence-corrected chi connectivity index (χ4v) is 3.08. The second kappa shape index (κ2) is 7.98. The van der Waals surface area contributed by atoms with Crippen LogP contribution in [-0.4, -0.2) is 32.5 Å². The summed E-state index contributed by atoms with van der Waals surface area (Å²) >= 11 is 1.74. The molecule has 2 aromatic heterocycles. The van der Waals surface area contributed by atoms with Gasteiger partial charge in [-0.3, -0.25) is 9.20 Å². The van der Waals surface area contributed by atoms with Crippen LogP contribution in [0.1, 0.15) is 34.2 Å². The van der Waals surface area contributed by atoms with Gasteiger partial charge in [-0.15, -0.1) is 10.2 Å². The highest BCUT2D eigenvalue weighted by Gasteiger charge is 2.20. The molecular formula is C19H20N4OS. The van der Waals surface area contributed by atoms with Crippen molar-refractivity contribution in [1.29, 1.82) is 0 Å². The largest absolute Gasteiger partial charge is 0.342 e. The zero-order valence-electron chi connectivity index (χ0n) is 14.1. The summed E-state index contributed by atoms with van der Waals surface area (Å²) in [5, 5.41) is 11.6. The van der Waals surface area contributed by atoms with Crippen molar-refractivity contribution in [2.24, 2.45) is 0 Å². The number of thioether (sulfide) groups is 1. The molecule has 0 radical (unpaired) electrons. The maximum atomic E-state index is 12.6. The summed E-state index contributed by atoms with van der Waals surface area (Å²) in [5.41, 5.74) is 2.38. The fraction of sp³-hybridized carbons (Fsp3) is 0.211. The number of hydrogen-bond donors (Lipinski definition) is 1. The van der Waals surface area contributed by atoms with Gasteiger partial charge in [-0.1, -0.05) is 30.9 Å². The number of fused-ring (bicyclic) bond motifs is 1. The Labute approximate surface area is 151 Å². The first-order valence-corrected chi connectivity index (χ1v) is 9.44. The van der Waals surface area contributed by atoms with Gasteiger partial charge >= 0.3 is 0 Å². The number of hydrogen-bond acceptors (Lipinski definition) is 4. The Morgan fingerprint density at radius 1 is 1.28 bits per heavy atom. The Bertz CT molecular complexity index is 873. The van der Waals surface area contributed by atoms with Gasteiger partial charge in [0.25, 0.3) is 5.91 Å². The molecule has 0 saturated heterocycles. The number of nitrogens with zero attached hydrogens (tertiary/aromatic N) is 3. The zero-order chi connectivity index (χ0) is 17.6. The van der Waals surface area contributed by atoms with Gasteiger partial charge < -0.3 is 5.32 Å². The van der Waals surface area contributed by atoms with Gasteiger partial charge in [0.05, 0.1) is 6.04 Å². The number of benzene rings is 1. The molecular weight excluding hydrogens is 332 g/mol. The average molecular weight is 352 g/mol. The predicted octanol–water partition coefficient (Wildman–Crippen LogP) is 3.60. The lowest BCUT2D eigenvalue weighted by atomic mass is 10.1. The lowest BCUT2D eigenvalue weighted by Gasteiger charge is -2.17. The van der Waals surface area contributed by atoms with Crippen molar-refractivity contribution < 1.29 is 4.79 Å². The van der Waals surface area contributed by atoms with Gasteiger partial charge in [0.15, 0.2) is 11.5 Å². The van der Waals surface area contributed by atoms with E-state index in [0.29, 0.717) is 5.56 Å². The van der Waals surface area contributed by atoms with Crippen LogP contribution >= 0.6 is 11.8 Å². The molecule has 1 unspecified atom stereocenters. The Kier molecular flexibility index (Phi) is 5.50. The van der Waals surface area contributed by atoms with Crippen LogP contribution in [0.5, 0.6) is 0 Å². The minimum absolute atomic E-state index is 0.116. The standard InChI is InChI=1S/C19H20N4OS/c1-3-14-7-9-15(10-8-14)19(24)20-16(11-13-25-2)18-22-21-17-6-4-5-12-23(17)18/h3-10,12,16H,1,11,13H2,2H3,(H,20,24). The fourth-order valence-electron chi connectivity index (χ4n) is 2.61. The molecule has 0 aliphatic carbocycles. The molecule has 2 heterocycles. The van der Waals surface area contributed by atoms with Gasteiger partial charge in [0.1, 0.15) is 0 Å². The number of rotatable bonds is 7. The van der Waals surface area contributed by atoms with Crippen LogP contribution in [-0.2, 0) is 0 Å². The van der Waals surface area contributed by atoms with Crippen molar-refractivity contribution in [1.82, 2.24) is 19.9 Å². The summed E-state index contributed by atoms with van der Waals surface area (Å²) in [6.07, 6.45) is 6.51. The van der Waals surface area contributed by atoms with Crippen LogP contribution < -0.4 is 5.32 Å². The summed E-state index contributed by atoms with van der Waals surface area (Å²) in [6, 6.07) is 12.9. The molecule has 0 bridgehead atoms. The summed E-state index contributed by atoms with van der Waals surface area (Å²) in [5.74, 6) is 1.55. The van der Waals surface area contributed by atoms with Crippen LogP contribution in [0.25, 0.3) is 11.7 Å². The molecule has 3 aromatic rings. The Morgan fingerprint density at radius 3 is 2.80 bits per heavy atom. The summed E-state index contributed by atoms with van der Waals surface area (Å²) in [4.78, 5) is 12.6. The van der Waals surface area contributed by atoms with Gasteiger partial charge in [-0.25, -0.2) is 0 Å². The van der Waals surface area contributed by atoms with E-state index in [9.17, 15) is 4.79 Å². The minimum Gasteiger partial charge on any atom is -0.342 e. The van der Waals surface area contributed by atoms with Gasteiger partial charge in [-0.05, 0) is 48.3 Å². The van der Waals surface area contributed by atoms with E-state index in [4.69, 9.17) is 0 Å². The second-order valence-electron chi connectivity index (χ2n) is 5.62. The number of carbonyl (C=O) groups excluding carboxylic acids is 1. The molecule has 1 amide bonds. The maximum absolute atomic E-state index is 12.6. The highest BCUT2D eigenvalue weighted by molar-refractivity contribution is 7.98. The number of pyridine rings is 1. The second-order valence-corrected chi connectivity index (χ2v) is 6.61. The highest BCUT2D eigenvalue weighted by atomic mass is 32.2. The maximum Gasteiger partial charge on any atom is 0.251 e. The molecule has 0 aliphatic rings. The van der Waals surface area contributed by atoms with E-state index in [1.165, 1.54) is 0 Å². The van der Waals surface area contributed by atoms with Crippen LogP contribution in [0.4, 0.5) is 0 Å². The third kappa shape index (κ3) is 3.91. The molecule has 3 rings (SSSR count). The van der Waals surface area contributed by atoms with Gasteiger partial charge in [-0.2, -0.15) is 11.8 Å². The SMILES string of the molecule is C=Cc1ccc(C(=O)NC(CCSC)c2nnc3ccccn23)cc1. The number of nitrogens with one attached hydrogen (secondary N) is 1. The number of aromatic nitrogens is 3. The van der Waals surface area contributed by atoms with E-state index in [1.54, 1.807) is 30.0 Å². The monoisotopic (exact) mass is 352 g/mol. The van der Waals surface area contributed by atoms with E-state index in [2.05, 4.69) is 28.3 Å². The highest BCUT2D eigenvalue weighted by Crippen LogP contribution is 2.19. The molecule has 0 aliphatic heterocycles. The lowest BCUT2D eigenvalue weighted by Crippen LogP contribution is -2.30. The van der Waals surface area contributed by atoms with E-state index >= 15 is 0 Å². The average Bonchev–Trinajstić information content (AvgIpc) is 3.09. The molecule has 128 valence electrons. The van der Waals surface area contributed by atoms with E-state index in [-0.39, 0.29) is 11.9 Å². The number of amides is 1. The van der Waals surface area contributed by atoms with Crippen molar-refractivity contribution in [2.45, 2.75) is 12.5 Å². The van der Waals surface area contributed by atoms with E-state index in [1.807, 2.05) is 40.9 Å². The number of carbonyl (C=O) groups is 1. The van der Waals surface area contributed by atoms with Crippen molar-refractivity contribution in [3.63, 3.8) is 0 Å². The van der Waals surface area contributed by atoms with E-state index in [0.717, 1.165) is 29.2 Å². The van der Waals surface area contributed by atoms with Gasteiger partial charge in [0.2, 0.25) is 0 Å². The normalized spacial score (nSPS) is 12.0. The zero-order valence-corrected chi connectivity index (χ0v) is 14.9. The topological polar surface area (TPSA) is 59.3 Å². The quantitative estimate of drug-likeness (QED) is 0.706. The molecule has 1 atom stereocenters. The smallest absolute Gasteiger partial charge is 0.251 e. The summed E-state index contributed by atoms with van der Waals surface area (Å²) in [7, 11) is 0. The summed E-state index contributed by atoms with van der Waals surface area (Å²) in [6.45, 7) is 3.73. The van der Waals surface area contributed by atoms with Crippen LogP contribution in [0.3, 0.4) is 0 Å². The third-order valence-electron chi connectivity index (χ3n) is 3.98. The van der Waals surface area contributed by atoms with Crippen molar-refractivity contribution in [3.05, 3.63) is 72.2 Å². The molecule has 0 saturated carbocycles. The summed E-state index contributed by atoms with van der Waals surface area (Å²) < 4.78 is 1.92. The molecule has 0 fully saturated rings. The third-order valence-corrected chi connectivity index (χ3v) is 4.62. The first kappa shape index (κ1) is 17.2. The van der Waals surface area contributed by atoms with Gasteiger partial charge in [0, 0.05) is 11.8 Å². The van der Waals surface area contributed by atoms with Crippen LogP contribution in [0, 0.1) is 0 Å². The van der Waals surface area contributed by atoms with Crippen LogP contribution in [0.2, 0.25) is 0 Å². The molecule has 1 aromatic carbocycles. The van der Waals surface area contributed by atoms with Crippen molar-refractivity contribution in [3.8, 4) is 0 Å². The molecule has 5 nitrogen and oxygen atoms in total. The van der Waals surface area contributed by atoms with Crippen molar-refractivity contribution >= 4 is 29.4 Å². The van der Waals surface area contributed by atoms with Crippen LogP contribution in [0.15, 0.2) is 55.2 Å². The van der Waals surface area contributed by atoms with E-state index < -0.39 is 0 Å². The molecule has 6 heteroatoms. The molecule has 25 heavy (non-hydrogen) atoms. The first-order valence-electron chi connectivity index (χ1n) is 8.05.